The van der Waals surface area contributed by atoms with Crippen molar-refractivity contribution in [3.8, 4) is 0 Å². The molecular formula is C13H13IN2O2. The van der Waals surface area contributed by atoms with Crippen LogP contribution in [0.15, 0.2) is 40.8 Å². The van der Waals surface area contributed by atoms with E-state index in [1.165, 1.54) is 0 Å². The molecule has 0 atom stereocenters. The number of urea groups is 1. The van der Waals surface area contributed by atoms with Crippen LogP contribution in [0.5, 0.6) is 0 Å². The van der Waals surface area contributed by atoms with Crippen molar-refractivity contribution in [2.24, 2.45) is 0 Å². The monoisotopic (exact) mass is 356 g/mol. The molecule has 2 N–H and O–H groups in total. The van der Waals surface area contributed by atoms with Crippen molar-refractivity contribution in [2.75, 3.05) is 5.32 Å². The highest BCUT2D eigenvalue weighted by atomic mass is 127. The molecule has 0 saturated heterocycles. The Morgan fingerprint density at radius 2 is 2.17 bits per heavy atom. The lowest BCUT2D eigenvalue weighted by atomic mass is 10.3. The normalized spacial score (nSPS) is 10.1. The first-order valence-corrected chi connectivity index (χ1v) is 6.57. The summed E-state index contributed by atoms with van der Waals surface area (Å²) >= 11 is 2.20. The molecule has 0 unspecified atom stereocenters. The molecule has 0 fully saturated rings. The zero-order valence-electron chi connectivity index (χ0n) is 9.87. The van der Waals surface area contributed by atoms with Gasteiger partial charge in [0.1, 0.15) is 11.5 Å². The largest absolute Gasteiger partial charge is 0.465 e. The van der Waals surface area contributed by atoms with Gasteiger partial charge in [-0.3, -0.25) is 0 Å². The molecule has 0 aliphatic carbocycles. The molecule has 1 heterocycles. The zero-order valence-corrected chi connectivity index (χ0v) is 12.0. The van der Waals surface area contributed by atoms with E-state index in [-0.39, 0.29) is 6.03 Å². The van der Waals surface area contributed by atoms with Crippen molar-refractivity contribution in [2.45, 2.75) is 13.5 Å². The molecule has 0 bridgehead atoms. The van der Waals surface area contributed by atoms with E-state index in [2.05, 4.69) is 33.2 Å². The first kappa shape index (κ1) is 12.9. The van der Waals surface area contributed by atoms with Gasteiger partial charge in [-0.2, -0.15) is 0 Å². The van der Waals surface area contributed by atoms with Crippen LogP contribution in [0.25, 0.3) is 0 Å². The first-order chi connectivity index (χ1) is 8.63. The Labute approximate surface area is 119 Å². The smallest absolute Gasteiger partial charge is 0.319 e. The molecule has 2 rings (SSSR count). The fourth-order valence-corrected chi connectivity index (χ4v) is 2.03. The molecule has 2 aromatic rings. The van der Waals surface area contributed by atoms with E-state index in [0.29, 0.717) is 6.54 Å². The number of hydrogen-bond acceptors (Lipinski definition) is 2. The van der Waals surface area contributed by atoms with Crippen molar-refractivity contribution >= 4 is 34.3 Å². The zero-order chi connectivity index (χ0) is 13.0. The number of carbonyl (C=O) groups is 1. The van der Waals surface area contributed by atoms with Crippen LogP contribution in [0, 0.1) is 10.5 Å². The van der Waals surface area contributed by atoms with E-state index in [9.17, 15) is 4.79 Å². The minimum atomic E-state index is -0.244. The van der Waals surface area contributed by atoms with E-state index in [1.54, 1.807) is 0 Å². The van der Waals surface area contributed by atoms with Crippen molar-refractivity contribution in [3.05, 3.63) is 51.5 Å². The highest BCUT2D eigenvalue weighted by Crippen LogP contribution is 2.12. The second kappa shape index (κ2) is 5.90. The third kappa shape index (κ3) is 3.76. The Hall–Kier alpha value is -1.50. The van der Waals surface area contributed by atoms with Crippen LogP contribution in [0.1, 0.15) is 11.5 Å². The number of rotatable bonds is 3. The van der Waals surface area contributed by atoms with E-state index in [0.717, 1.165) is 20.8 Å². The van der Waals surface area contributed by atoms with Crippen LogP contribution >= 0.6 is 22.6 Å². The van der Waals surface area contributed by atoms with E-state index >= 15 is 0 Å². The molecular weight excluding hydrogens is 343 g/mol. The molecule has 2 amide bonds. The molecule has 1 aromatic carbocycles. The van der Waals surface area contributed by atoms with Gasteiger partial charge in [-0.1, -0.05) is 6.07 Å². The SMILES string of the molecule is Cc1ccc(CNC(=O)Nc2cccc(I)c2)o1. The lowest BCUT2D eigenvalue weighted by Crippen LogP contribution is -2.27. The van der Waals surface area contributed by atoms with E-state index < -0.39 is 0 Å². The van der Waals surface area contributed by atoms with E-state index in [4.69, 9.17) is 4.42 Å². The number of benzene rings is 1. The Morgan fingerprint density at radius 3 is 2.83 bits per heavy atom. The standard InChI is InChI=1S/C13H13IN2O2/c1-9-5-6-12(18-9)8-15-13(17)16-11-4-2-3-10(14)7-11/h2-7H,8H2,1H3,(H2,15,16,17). The summed E-state index contributed by atoms with van der Waals surface area (Å²) in [4.78, 5) is 11.6. The summed E-state index contributed by atoms with van der Waals surface area (Å²) in [6, 6.07) is 11.1. The third-order valence-corrected chi connectivity index (χ3v) is 2.97. The minimum Gasteiger partial charge on any atom is -0.465 e. The maximum absolute atomic E-state index is 11.6. The Balaban J connectivity index is 1.85. The van der Waals surface area contributed by atoms with Crippen molar-refractivity contribution < 1.29 is 9.21 Å². The van der Waals surface area contributed by atoms with Gasteiger partial charge < -0.3 is 15.1 Å². The second-order valence-corrected chi connectivity index (χ2v) is 5.08. The van der Waals surface area contributed by atoms with Gasteiger partial charge in [-0.25, -0.2) is 4.79 Å². The number of anilines is 1. The van der Waals surface area contributed by atoms with Crippen molar-refractivity contribution in [1.82, 2.24) is 5.32 Å². The Kier molecular flexibility index (Phi) is 4.24. The highest BCUT2D eigenvalue weighted by molar-refractivity contribution is 14.1. The minimum absolute atomic E-state index is 0.244. The van der Waals surface area contributed by atoms with Gasteiger partial charge in [0.15, 0.2) is 0 Å². The fraction of sp³-hybridized carbons (Fsp3) is 0.154. The van der Waals surface area contributed by atoms with Crippen molar-refractivity contribution in [3.63, 3.8) is 0 Å². The molecule has 1 aromatic heterocycles. The predicted octanol–water partition coefficient (Wildman–Crippen LogP) is 3.51. The average molecular weight is 356 g/mol. The molecule has 0 saturated carbocycles. The van der Waals surface area contributed by atoms with Gasteiger partial charge in [0.25, 0.3) is 0 Å². The highest BCUT2D eigenvalue weighted by Gasteiger charge is 2.03. The summed E-state index contributed by atoms with van der Waals surface area (Å²) in [5, 5.41) is 5.50. The summed E-state index contributed by atoms with van der Waals surface area (Å²) in [5.74, 6) is 1.58. The number of carbonyl (C=O) groups excluding carboxylic acids is 1. The Morgan fingerprint density at radius 1 is 1.33 bits per heavy atom. The maximum atomic E-state index is 11.6. The van der Waals surface area contributed by atoms with Crippen LogP contribution in [-0.2, 0) is 6.54 Å². The summed E-state index contributed by atoms with van der Waals surface area (Å²) < 4.78 is 6.44. The summed E-state index contributed by atoms with van der Waals surface area (Å²) in [6.07, 6.45) is 0. The van der Waals surface area contributed by atoms with Crippen LogP contribution < -0.4 is 10.6 Å². The van der Waals surface area contributed by atoms with Gasteiger partial charge in [0.05, 0.1) is 6.54 Å². The third-order valence-electron chi connectivity index (χ3n) is 2.30. The summed E-state index contributed by atoms with van der Waals surface area (Å²) in [5.41, 5.74) is 0.773. The van der Waals surface area contributed by atoms with Gasteiger partial charge >= 0.3 is 6.03 Å². The number of hydrogen-bond donors (Lipinski definition) is 2. The number of furan rings is 1. The maximum Gasteiger partial charge on any atom is 0.319 e. The van der Waals surface area contributed by atoms with Gasteiger partial charge in [-0.15, -0.1) is 0 Å². The molecule has 0 radical (unpaired) electrons. The van der Waals surface area contributed by atoms with Crippen LogP contribution in [-0.4, -0.2) is 6.03 Å². The molecule has 0 aliphatic heterocycles. The summed E-state index contributed by atoms with van der Waals surface area (Å²) in [6.45, 7) is 2.25. The lowest BCUT2D eigenvalue weighted by molar-refractivity contribution is 0.250. The molecule has 0 spiro atoms. The summed E-state index contributed by atoms with van der Waals surface area (Å²) in [7, 11) is 0. The fourth-order valence-electron chi connectivity index (χ4n) is 1.49. The molecule has 4 nitrogen and oxygen atoms in total. The van der Waals surface area contributed by atoms with Crippen LogP contribution in [0.3, 0.4) is 0 Å². The first-order valence-electron chi connectivity index (χ1n) is 5.49. The molecule has 18 heavy (non-hydrogen) atoms. The van der Waals surface area contributed by atoms with Gasteiger partial charge in [-0.05, 0) is 59.8 Å². The molecule has 0 aliphatic rings. The predicted molar refractivity (Wildman–Crippen MR) is 78.5 cm³/mol. The number of nitrogens with one attached hydrogen (secondary N) is 2. The number of halogens is 1. The lowest BCUT2D eigenvalue weighted by Gasteiger charge is -2.06. The second-order valence-electron chi connectivity index (χ2n) is 3.83. The molecule has 5 heteroatoms. The number of aryl methyl sites for hydroxylation is 1. The average Bonchev–Trinajstić information content (AvgIpc) is 2.73. The number of amides is 2. The molecule has 94 valence electrons. The van der Waals surface area contributed by atoms with Gasteiger partial charge in [0.2, 0.25) is 0 Å². The van der Waals surface area contributed by atoms with Gasteiger partial charge in [0, 0.05) is 9.26 Å². The van der Waals surface area contributed by atoms with Crippen molar-refractivity contribution in [1.29, 1.82) is 0 Å². The van der Waals surface area contributed by atoms with Crippen LogP contribution in [0.4, 0.5) is 10.5 Å². The van der Waals surface area contributed by atoms with Crippen LogP contribution in [0.2, 0.25) is 0 Å². The Bertz CT molecular complexity index is 551. The quantitative estimate of drug-likeness (QED) is 0.827. The van der Waals surface area contributed by atoms with E-state index in [1.807, 2.05) is 43.3 Å². The topological polar surface area (TPSA) is 54.3 Å².